The summed E-state index contributed by atoms with van der Waals surface area (Å²) in [5.74, 6) is 0.196. The fraction of sp³-hybridized carbons (Fsp3) is 0.455. The van der Waals surface area contributed by atoms with Crippen LogP contribution in [0.4, 0.5) is 0 Å². The van der Waals surface area contributed by atoms with Crippen molar-refractivity contribution in [1.29, 1.82) is 0 Å². The Bertz CT molecular complexity index is 539. The van der Waals surface area contributed by atoms with E-state index in [1.807, 2.05) is 6.92 Å². The van der Waals surface area contributed by atoms with Crippen molar-refractivity contribution in [3.05, 3.63) is 27.7 Å². The Balaban J connectivity index is 3.14. The van der Waals surface area contributed by atoms with E-state index in [2.05, 4.69) is 20.7 Å². The molecule has 3 nitrogen and oxygen atoms in total. The van der Waals surface area contributed by atoms with E-state index in [4.69, 9.17) is 34.8 Å². The van der Waals surface area contributed by atoms with Crippen LogP contribution in [0.1, 0.15) is 13.3 Å². The highest BCUT2D eigenvalue weighted by molar-refractivity contribution is 9.10. The number of hydrogen-bond donors (Lipinski definition) is 1. The molecule has 0 radical (unpaired) electrons. The largest absolute Gasteiger partial charge is 0.241 e. The Morgan fingerprint density at radius 2 is 1.89 bits per heavy atom. The summed E-state index contributed by atoms with van der Waals surface area (Å²) in [5.41, 5.74) is -0.853. The molecular formula is C11H13BrCl3NO2S. The quantitative estimate of drug-likeness (QED) is 0.722. The third-order valence-electron chi connectivity index (χ3n) is 2.74. The molecule has 0 saturated heterocycles. The van der Waals surface area contributed by atoms with Gasteiger partial charge in [0.1, 0.15) is 0 Å². The molecule has 0 aromatic heterocycles. The second-order valence-corrected chi connectivity index (χ2v) is 7.56. The lowest BCUT2D eigenvalue weighted by Gasteiger charge is -2.29. The van der Waals surface area contributed by atoms with Gasteiger partial charge in [-0.15, -0.1) is 23.2 Å². The molecule has 0 spiro atoms. The molecule has 1 aromatic carbocycles. The SMILES string of the molecule is CCC(CCl)(CCl)NS(=O)(=O)c1ccc(Cl)c(Br)c1. The van der Waals surface area contributed by atoms with E-state index in [-0.39, 0.29) is 16.7 Å². The van der Waals surface area contributed by atoms with Crippen molar-refractivity contribution in [2.75, 3.05) is 11.8 Å². The van der Waals surface area contributed by atoms with Crippen molar-refractivity contribution in [3.63, 3.8) is 0 Å². The Labute approximate surface area is 136 Å². The standard InChI is InChI=1S/C11H13BrCl3NO2S/c1-2-11(6-13,7-14)16-19(17,18)8-3-4-10(15)9(12)5-8/h3-5,16H,2,6-7H2,1H3. The first-order chi connectivity index (χ1) is 8.80. The zero-order valence-electron chi connectivity index (χ0n) is 10.1. The first-order valence-corrected chi connectivity index (χ1v) is 9.13. The van der Waals surface area contributed by atoms with Crippen molar-refractivity contribution in [3.8, 4) is 0 Å². The van der Waals surface area contributed by atoms with Crippen LogP contribution < -0.4 is 4.72 Å². The average molecular weight is 410 g/mol. The van der Waals surface area contributed by atoms with Gasteiger partial charge in [0.2, 0.25) is 10.0 Å². The van der Waals surface area contributed by atoms with E-state index >= 15 is 0 Å². The molecule has 1 rings (SSSR count). The average Bonchev–Trinajstić information content (AvgIpc) is 2.39. The van der Waals surface area contributed by atoms with Crippen molar-refractivity contribution in [2.45, 2.75) is 23.8 Å². The maximum atomic E-state index is 12.3. The van der Waals surface area contributed by atoms with E-state index in [0.29, 0.717) is 15.9 Å². The van der Waals surface area contributed by atoms with Crippen molar-refractivity contribution < 1.29 is 8.42 Å². The molecule has 0 unspecified atom stereocenters. The number of benzene rings is 1. The van der Waals surface area contributed by atoms with Crippen LogP contribution in [0, 0.1) is 0 Å². The number of halogens is 4. The third kappa shape index (κ3) is 4.22. The van der Waals surface area contributed by atoms with E-state index in [9.17, 15) is 8.42 Å². The summed E-state index contributed by atoms with van der Waals surface area (Å²) in [6.45, 7) is 1.82. The number of rotatable bonds is 6. The fourth-order valence-electron chi connectivity index (χ4n) is 1.34. The Morgan fingerprint density at radius 3 is 2.32 bits per heavy atom. The minimum Gasteiger partial charge on any atom is -0.207 e. The summed E-state index contributed by atoms with van der Waals surface area (Å²) >= 11 is 20.7. The zero-order chi connectivity index (χ0) is 14.7. The molecule has 0 aliphatic carbocycles. The molecule has 1 aromatic rings. The molecular weight excluding hydrogens is 396 g/mol. The maximum Gasteiger partial charge on any atom is 0.241 e. The highest BCUT2D eigenvalue weighted by Crippen LogP contribution is 2.26. The normalized spacial score (nSPS) is 12.7. The van der Waals surface area contributed by atoms with Gasteiger partial charge in [-0.1, -0.05) is 18.5 Å². The number of sulfonamides is 1. The summed E-state index contributed by atoms with van der Waals surface area (Å²) < 4.78 is 27.7. The summed E-state index contributed by atoms with van der Waals surface area (Å²) in [4.78, 5) is 0.108. The molecule has 0 bridgehead atoms. The summed E-state index contributed by atoms with van der Waals surface area (Å²) in [6, 6.07) is 4.38. The molecule has 0 saturated carbocycles. The fourth-order valence-corrected chi connectivity index (χ4v) is 4.44. The number of alkyl halides is 2. The van der Waals surface area contributed by atoms with Crippen LogP contribution in [0.3, 0.4) is 0 Å². The van der Waals surface area contributed by atoms with E-state index in [1.165, 1.54) is 18.2 Å². The van der Waals surface area contributed by atoms with Crippen molar-refractivity contribution in [1.82, 2.24) is 4.72 Å². The zero-order valence-corrected chi connectivity index (χ0v) is 14.8. The molecule has 0 amide bonds. The molecule has 0 heterocycles. The van der Waals surface area contributed by atoms with Crippen LogP contribution in [0.25, 0.3) is 0 Å². The number of hydrogen-bond acceptors (Lipinski definition) is 2. The van der Waals surface area contributed by atoms with E-state index < -0.39 is 15.6 Å². The van der Waals surface area contributed by atoms with Crippen LogP contribution in [-0.2, 0) is 10.0 Å². The van der Waals surface area contributed by atoms with Crippen LogP contribution in [0.5, 0.6) is 0 Å². The van der Waals surface area contributed by atoms with Crippen LogP contribution >= 0.6 is 50.7 Å². The molecule has 0 aliphatic rings. The first kappa shape index (κ1) is 17.5. The topological polar surface area (TPSA) is 46.2 Å². The van der Waals surface area contributed by atoms with E-state index in [0.717, 1.165) is 0 Å². The molecule has 108 valence electrons. The molecule has 1 N–H and O–H groups in total. The van der Waals surface area contributed by atoms with Gasteiger partial charge in [-0.25, -0.2) is 13.1 Å². The minimum atomic E-state index is -3.70. The Kier molecular flexibility index (Phi) is 6.42. The van der Waals surface area contributed by atoms with Gasteiger partial charge in [0, 0.05) is 16.2 Å². The maximum absolute atomic E-state index is 12.3. The molecule has 8 heteroatoms. The summed E-state index contributed by atoms with van der Waals surface area (Å²) in [7, 11) is -3.70. The molecule has 0 fully saturated rings. The lowest BCUT2D eigenvalue weighted by molar-refractivity contribution is 0.449. The van der Waals surface area contributed by atoms with Gasteiger partial charge in [-0.3, -0.25) is 0 Å². The molecule has 19 heavy (non-hydrogen) atoms. The van der Waals surface area contributed by atoms with Gasteiger partial charge in [-0.2, -0.15) is 0 Å². The van der Waals surface area contributed by atoms with Gasteiger partial charge in [0.05, 0.1) is 15.5 Å². The van der Waals surface area contributed by atoms with Crippen molar-refractivity contribution >= 4 is 60.8 Å². The monoisotopic (exact) mass is 407 g/mol. The van der Waals surface area contributed by atoms with Gasteiger partial charge < -0.3 is 0 Å². The lowest BCUT2D eigenvalue weighted by Crippen LogP contribution is -2.51. The summed E-state index contributed by atoms with van der Waals surface area (Å²) in [5, 5.41) is 0.440. The predicted octanol–water partition coefficient (Wildman–Crippen LogP) is 4.01. The Morgan fingerprint density at radius 1 is 1.32 bits per heavy atom. The second-order valence-electron chi connectivity index (χ2n) is 4.08. The predicted molar refractivity (Wildman–Crippen MR) is 83.9 cm³/mol. The second kappa shape index (κ2) is 6.96. The highest BCUT2D eigenvalue weighted by atomic mass is 79.9. The minimum absolute atomic E-state index is 0.0982. The molecule has 0 aliphatic heterocycles. The molecule has 0 atom stereocenters. The van der Waals surface area contributed by atoms with Gasteiger partial charge in [0.25, 0.3) is 0 Å². The third-order valence-corrected chi connectivity index (χ3v) is 6.55. The van der Waals surface area contributed by atoms with Gasteiger partial charge in [0.15, 0.2) is 0 Å². The summed E-state index contributed by atoms with van der Waals surface area (Å²) in [6.07, 6.45) is 0.494. The smallest absolute Gasteiger partial charge is 0.207 e. The van der Waals surface area contributed by atoms with Gasteiger partial charge >= 0.3 is 0 Å². The first-order valence-electron chi connectivity index (χ1n) is 5.41. The number of nitrogens with one attached hydrogen (secondary N) is 1. The lowest BCUT2D eigenvalue weighted by atomic mass is 10.0. The van der Waals surface area contributed by atoms with Crippen molar-refractivity contribution in [2.24, 2.45) is 0 Å². The van der Waals surface area contributed by atoms with Crippen LogP contribution in [0.2, 0.25) is 5.02 Å². The Hall–Kier alpha value is 0.480. The van der Waals surface area contributed by atoms with Crippen LogP contribution in [-0.4, -0.2) is 25.7 Å². The van der Waals surface area contributed by atoms with Gasteiger partial charge in [-0.05, 0) is 40.5 Å². The highest BCUT2D eigenvalue weighted by Gasteiger charge is 2.32. The van der Waals surface area contributed by atoms with Crippen LogP contribution in [0.15, 0.2) is 27.6 Å². The van der Waals surface area contributed by atoms with E-state index in [1.54, 1.807) is 0 Å².